The number of dihydropyridines is 1. The minimum absolute atomic E-state index is 0.169. The molecule has 0 aromatic heterocycles. The van der Waals surface area contributed by atoms with Gasteiger partial charge in [0.05, 0.1) is 5.41 Å². The van der Waals surface area contributed by atoms with Gasteiger partial charge in [-0.1, -0.05) is 158 Å². The zero-order chi connectivity index (χ0) is 36.6. The fourth-order valence-corrected chi connectivity index (χ4v) is 8.57. The first-order valence-electron chi connectivity index (χ1n) is 19.0. The van der Waals surface area contributed by atoms with Crippen molar-refractivity contribution in [3.63, 3.8) is 0 Å². The number of nitrogens with zero attached hydrogens (tertiary/aromatic N) is 1. The summed E-state index contributed by atoms with van der Waals surface area (Å²) in [6.07, 6.45) is 6.33. The molecule has 0 bridgehead atoms. The van der Waals surface area contributed by atoms with Crippen LogP contribution in [0.3, 0.4) is 0 Å². The molecule has 1 spiro atoms. The molecule has 4 heteroatoms. The van der Waals surface area contributed by atoms with E-state index in [1.165, 1.54) is 39.1 Å². The summed E-state index contributed by atoms with van der Waals surface area (Å²) >= 11 is 0. The molecule has 264 valence electrons. The second-order valence-corrected chi connectivity index (χ2v) is 14.3. The third-order valence-corrected chi connectivity index (χ3v) is 11.1. The number of ether oxygens (including phenoxy) is 1. The van der Waals surface area contributed by atoms with Crippen LogP contribution in [-0.2, 0) is 12.0 Å². The Bertz CT molecular complexity index is 2590. The van der Waals surface area contributed by atoms with Gasteiger partial charge in [0.15, 0.2) is 0 Å². The van der Waals surface area contributed by atoms with Crippen LogP contribution in [0, 0.1) is 0 Å². The Kier molecular flexibility index (Phi) is 8.31. The molecule has 0 fully saturated rings. The van der Waals surface area contributed by atoms with Crippen molar-refractivity contribution in [2.75, 3.05) is 6.54 Å². The molecule has 10 rings (SSSR count). The van der Waals surface area contributed by atoms with Gasteiger partial charge in [-0.25, -0.2) is 0 Å². The highest BCUT2D eigenvalue weighted by molar-refractivity contribution is 5.93. The van der Waals surface area contributed by atoms with Crippen LogP contribution in [0.5, 0.6) is 11.5 Å². The summed E-state index contributed by atoms with van der Waals surface area (Å²) in [4.78, 5) is 5.06. The van der Waals surface area contributed by atoms with E-state index in [2.05, 4.69) is 187 Å². The van der Waals surface area contributed by atoms with Crippen LogP contribution in [0.1, 0.15) is 45.1 Å². The van der Waals surface area contributed by atoms with Crippen LogP contribution in [-0.4, -0.2) is 12.8 Å². The number of rotatable bonds is 8. The molecule has 1 aliphatic carbocycles. The molecule has 4 nitrogen and oxygen atoms in total. The fraction of sp³-hybridized carbons (Fsp3) is 0.0784. The van der Waals surface area contributed by atoms with E-state index in [0.717, 1.165) is 58.0 Å². The standard InChI is InChI=1S/C51H39N3O/c1-3-14-35(15-4-1)33-53-50(37-17-5-2-6-18-37)54-34-36-16-11-19-38(30-36)39-20-12-21-40(31-39)41-27-28-42-43-22-13-29-52-49(43)51(46(42)32-41)44-23-7-9-25-47(44)55-48-26-10-8-24-45(48)51/h1-28,30-32,34,50,52-53H,29,33H2. The highest BCUT2D eigenvalue weighted by Gasteiger charge is 2.52. The summed E-state index contributed by atoms with van der Waals surface area (Å²) in [6, 6.07) is 62.5. The van der Waals surface area contributed by atoms with Crippen molar-refractivity contribution < 1.29 is 4.74 Å². The van der Waals surface area contributed by atoms with Crippen LogP contribution < -0.4 is 15.4 Å². The number of hydrogen-bond acceptors (Lipinski definition) is 4. The normalized spacial score (nSPS) is 15.1. The van der Waals surface area contributed by atoms with Crippen LogP contribution in [0.15, 0.2) is 199 Å². The molecule has 1 unspecified atom stereocenters. The zero-order valence-corrected chi connectivity index (χ0v) is 30.3. The molecule has 0 amide bonds. The average molecular weight is 710 g/mol. The molecule has 0 radical (unpaired) electrons. The summed E-state index contributed by atoms with van der Waals surface area (Å²) in [5.41, 5.74) is 14.9. The molecule has 55 heavy (non-hydrogen) atoms. The Balaban J connectivity index is 1.00. The van der Waals surface area contributed by atoms with Gasteiger partial charge >= 0.3 is 0 Å². The lowest BCUT2D eigenvalue weighted by Gasteiger charge is -2.41. The molecule has 2 N–H and O–H groups in total. The second kappa shape index (κ2) is 13.9. The number of allylic oxidation sites excluding steroid dienone is 3. The van der Waals surface area contributed by atoms with Crippen molar-refractivity contribution >= 4 is 11.8 Å². The molecule has 3 aliphatic rings. The SMILES string of the molecule is C1=CC2=C(NC1)C1(c3ccccc3Oc3ccccc31)c1cc(-c3cccc(-c4cccc(C=NC(NCc5ccccc5)c5ccccc5)c4)c3)ccc12. The van der Waals surface area contributed by atoms with Gasteiger partial charge in [0.25, 0.3) is 0 Å². The van der Waals surface area contributed by atoms with Gasteiger partial charge in [0.2, 0.25) is 0 Å². The van der Waals surface area contributed by atoms with Crippen molar-refractivity contribution in [3.8, 4) is 33.8 Å². The van der Waals surface area contributed by atoms with E-state index in [-0.39, 0.29) is 6.17 Å². The third-order valence-electron chi connectivity index (χ3n) is 11.1. The number of benzene rings is 7. The molecule has 0 saturated carbocycles. The molecule has 2 aliphatic heterocycles. The smallest absolute Gasteiger partial charge is 0.132 e. The van der Waals surface area contributed by atoms with Crippen molar-refractivity contribution in [2.24, 2.45) is 4.99 Å². The minimum atomic E-state index is -0.518. The summed E-state index contributed by atoms with van der Waals surface area (Å²) in [5.74, 6) is 1.80. The lowest BCUT2D eigenvalue weighted by molar-refractivity contribution is 0.429. The van der Waals surface area contributed by atoms with Crippen LogP contribution in [0.2, 0.25) is 0 Å². The first kappa shape index (κ1) is 32.9. The fourth-order valence-electron chi connectivity index (χ4n) is 8.57. The Morgan fingerprint density at radius 2 is 1.25 bits per heavy atom. The maximum Gasteiger partial charge on any atom is 0.132 e. The summed E-state index contributed by atoms with van der Waals surface area (Å²) in [6.45, 7) is 1.52. The predicted octanol–water partition coefficient (Wildman–Crippen LogP) is 11.3. The maximum atomic E-state index is 6.55. The Morgan fingerprint density at radius 3 is 2.00 bits per heavy atom. The van der Waals surface area contributed by atoms with Gasteiger partial charge in [-0.2, -0.15) is 0 Å². The van der Waals surface area contributed by atoms with Crippen LogP contribution >= 0.6 is 0 Å². The number of aliphatic imine (C=N–C) groups is 1. The van der Waals surface area contributed by atoms with Gasteiger partial charge in [-0.3, -0.25) is 10.3 Å². The molecule has 1 atom stereocenters. The van der Waals surface area contributed by atoms with E-state index in [4.69, 9.17) is 9.73 Å². The van der Waals surface area contributed by atoms with Crippen molar-refractivity contribution in [1.82, 2.24) is 10.6 Å². The second-order valence-electron chi connectivity index (χ2n) is 14.3. The summed E-state index contributed by atoms with van der Waals surface area (Å²) < 4.78 is 6.55. The summed E-state index contributed by atoms with van der Waals surface area (Å²) in [5, 5.41) is 7.47. The maximum absolute atomic E-state index is 6.55. The molecular weight excluding hydrogens is 671 g/mol. The minimum Gasteiger partial charge on any atom is -0.457 e. The molecule has 0 saturated heterocycles. The topological polar surface area (TPSA) is 45.6 Å². The van der Waals surface area contributed by atoms with Gasteiger partial charge in [0, 0.05) is 41.7 Å². The van der Waals surface area contributed by atoms with Gasteiger partial charge in [-0.15, -0.1) is 0 Å². The zero-order valence-electron chi connectivity index (χ0n) is 30.3. The van der Waals surface area contributed by atoms with E-state index in [0.29, 0.717) is 0 Å². The van der Waals surface area contributed by atoms with E-state index in [1.54, 1.807) is 0 Å². The van der Waals surface area contributed by atoms with E-state index in [1.807, 2.05) is 18.3 Å². The largest absolute Gasteiger partial charge is 0.457 e. The number of fused-ring (bicyclic) bond motifs is 8. The molecule has 2 heterocycles. The number of hydrogen-bond donors (Lipinski definition) is 2. The quantitative estimate of drug-likeness (QED) is 0.154. The third kappa shape index (κ3) is 5.79. The number of nitrogens with one attached hydrogen (secondary N) is 2. The van der Waals surface area contributed by atoms with Gasteiger partial charge < -0.3 is 10.1 Å². The lowest BCUT2D eigenvalue weighted by atomic mass is 9.67. The predicted molar refractivity (Wildman–Crippen MR) is 224 cm³/mol. The highest BCUT2D eigenvalue weighted by atomic mass is 16.5. The first-order valence-corrected chi connectivity index (χ1v) is 19.0. The van der Waals surface area contributed by atoms with Crippen LogP contribution in [0.25, 0.3) is 27.8 Å². The summed E-state index contributed by atoms with van der Waals surface area (Å²) in [7, 11) is 0. The van der Waals surface area contributed by atoms with Gasteiger partial charge in [-0.05, 0) is 80.4 Å². The molecule has 7 aromatic rings. The van der Waals surface area contributed by atoms with E-state index in [9.17, 15) is 0 Å². The molecule has 7 aromatic carbocycles. The monoisotopic (exact) mass is 709 g/mol. The average Bonchev–Trinajstić information content (AvgIpc) is 3.54. The Hall–Kier alpha value is -6.75. The first-order chi connectivity index (χ1) is 27.3. The molecular formula is C51H39N3O. The van der Waals surface area contributed by atoms with E-state index >= 15 is 0 Å². The lowest BCUT2D eigenvalue weighted by Crippen LogP contribution is -2.39. The van der Waals surface area contributed by atoms with E-state index < -0.39 is 5.41 Å². The van der Waals surface area contributed by atoms with Gasteiger partial charge in [0.1, 0.15) is 17.7 Å². The van der Waals surface area contributed by atoms with Crippen molar-refractivity contribution in [2.45, 2.75) is 18.1 Å². The van der Waals surface area contributed by atoms with Crippen molar-refractivity contribution in [1.29, 1.82) is 0 Å². The number of para-hydroxylation sites is 2. The highest BCUT2D eigenvalue weighted by Crippen LogP contribution is 2.61. The van der Waals surface area contributed by atoms with Crippen LogP contribution in [0.4, 0.5) is 0 Å². The Morgan fingerprint density at radius 1 is 0.618 bits per heavy atom. The Labute approximate surface area is 322 Å². The van der Waals surface area contributed by atoms with Crippen molar-refractivity contribution in [3.05, 3.63) is 233 Å².